The standard InChI is InChI=1S/C18H13FN2O2S/c19-14-5-1-2-6-16(14)23-10-4-3-9-20-18(22)13-7-8-15-17(11-13)24-12-21-15/h1-2,5-8,11-12H,9-10H2,(H,20,22). The molecule has 24 heavy (non-hydrogen) atoms. The highest BCUT2D eigenvalue weighted by atomic mass is 32.1. The van der Waals surface area contributed by atoms with Crippen LogP contribution in [-0.2, 0) is 0 Å². The minimum absolute atomic E-state index is 0.0592. The Morgan fingerprint density at radius 1 is 1.25 bits per heavy atom. The first kappa shape index (κ1) is 16.0. The first-order chi connectivity index (χ1) is 11.7. The fourth-order valence-corrected chi connectivity index (χ4v) is 2.73. The van der Waals surface area contributed by atoms with Gasteiger partial charge in [-0.3, -0.25) is 4.79 Å². The lowest BCUT2D eigenvalue weighted by Crippen LogP contribution is -2.23. The van der Waals surface area contributed by atoms with E-state index >= 15 is 0 Å². The van der Waals surface area contributed by atoms with E-state index in [2.05, 4.69) is 22.1 Å². The van der Waals surface area contributed by atoms with Crippen LogP contribution in [0.5, 0.6) is 5.75 Å². The molecule has 0 aliphatic heterocycles. The van der Waals surface area contributed by atoms with E-state index in [0.717, 1.165) is 10.2 Å². The number of thiazole rings is 1. The molecule has 3 rings (SSSR count). The molecular formula is C18H13FN2O2S. The van der Waals surface area contributed by atoms with Gasteiger partial charge in [-0.15, -0.1) is 11.3 Å². The summed E-state index contributed by atoms with van der Waals surface area (Å²) in [6.45, 7) is 0.254. The topological polar surface area (TPSA) is 51.2 Å². The van der Waals surface area contributed by atoms with E-state index in [-0.39, 0.29) is 24.8 Å². The van der Waals surface area contributed by atoms with Crippen molar-refractivity contribution in [3.05, 3.63) is 59.4 Å². The number of ether oxygens (including phenoxy) is 1. The minimum atomic E-state index is -0.425. The van der Waals surface area contributed by atoms with Gasteiger partial charge < -0.3 is 10.1 Å². The molecule has 0 saturated carbocycles. The average Bonchev–Trinajstić information content (AvgIpc) is 3.07. The monoisotopic (exact) mass is 340 g/mol. The van der Waals surface area contributed by atoms with Gasteiger partial charge >= 0.3 is 0 Å². The molecule has 1 amide bonds. The molecule has 0 aliphatic carbocycles. The van der Waals surface area contributed by atoms with Gasteiger partial charge in [-0.05, 0) is 30.3 Å². The highest BCUT2D eigenvalue weighted by molar-refractivity contribution is 7.16. The number of aromatic nitrogens is 1. The molecule has 3 aromatic rings. The van der Waals surface area contributed by atoms with Crippen molar-refractivity contribution in [3.63, 3.8) is 0 Å². The number of halogens is 1. The Hall–Kier alpha value is -2.91. The number of nitrogens with zero attached hydrogens (tertiary/aromatic N) is 1. The van der Waals surface area contributed by atoms with E-state index in [1.807, 2.05) is 6.07 Å². The number of rotatable bonds is 4. The average molecular weight is 340 g/mol. The summed E-state index contributed by atoms with van der Waals surface area (Å²) in [5.74, 6) is 5.04. The number of amides is 1. The van der Waals surface area contributed by atoms with Crippen molar-refractivity contribution in [2.75, 3.05) is 13.2 Å². The first-order valence-electron chi connectivity index (χ1n) is 7.18. The van der Waals surface area contributed by atoms with Crippen LogP contribution in [0, 0.1) is 17.7 Å². The molecule has 6 heteroatoms. The molecule has 0 fully saturated rings. The number of para-hydroxylation sites is 1. The Labute approximate surface area is 142 Å². The molecule has 0 spiro atoms. The van der Waals surface area contributed by atoms with Gasteiger partial charge in [0.15, 0.2) is 11.6 Å². The van der Waals surface area contributed by atoms with Crippen LogP contribution in [0.2, 0.25) is 0 Å². The Morgan fingerprint density at radius 2 is 2.12 bits per heavy atom. The third-order valence-corrected chi connectivity index (χ3v) is 3.98. The van der Waals surface area contributed by atoms with Crippen LogP contribution in [0.4, 0.5) is 4.39 Å². The molecular weight excluding hydrogens is 327 g/mol. The molecule has 0 atom stereocenters. The first-order valence-corrected chi connectivity index (χ1v) is 8.06. The molecule has 4 nitrogen and oxygen atoms in total. The maximum absolute atomic E-state index is 13.3. The molecule has 2 aromatic carbocycles. The van der Waals surface area contributed by atoms with Crippen LogP contribution >= 0.6 is 11.3 Å². The number of carbonyl (C=O) groups excluding carboxylic acids is 1. The van der Waals surface area contributed by atoms with Gasteiger partial charge in [-0.25, -0.2) is 9.37 Å². The molecule has 0 unspecified atom stereocenters. The van der Waals surface area contributed by atoms with E-state index < -0.39 is 5.82 Å². The highest BCUT2D eigenvalue weighted by Gasteiger charge is 2.06. The maximum atomic E-state index is 13.3. The number of hydrogen-bond donors (Lipinski definition) is 1. The molecule has 0 radical (unpaired) electrons. The quantitative estimate of drug-likeness (QED) is 0.742. The predicted octanol–water partition coefficient (Wildman–Crippen LogP) is 3.25. The van der Waals surface area contributed by atoms with Gasteiger partial charge in [0.25, 0.3) is 5.91 Å². The smallest absolute Gasteiger partial charge is 0.252 e. The van der Waals surface area contributed by atoms with Gasteiger partial charge in [0.05, 0.1) is 22.3 Å². The summed E-state index contributed by atoms with van der Waals surface area (Å²) in [6, 6.07) is 11.5. The van der Waals surface area contributed by atoms with Gasteiger partial charge in [-0.2, -0.15) is 0 Å². The second-order valence-electron chi connectivity index (χ2n) is 4.79. The van der Waals surface area contributed by atoms with E-state index in [0.29, 0.717) is 5.56 Å². The van der Waals surface area contributed by atoms with Crippen molar-refractivity contribution in [3.8, 4) is 17.6 Å². The summed E-state index contributed by atoms with van der Waals surface area (Å²) < 4.78 is 19.5. The van der Waals surface area contributed by atoms with Crippen molar-refractivity contribution < 1.29 is 13.9 Å². The molecule has 0 saturated heterocycles. The van der Waals surface area contributed by atoms with E-state index in [1.165, 1.54) is 23.5 Å². The van der Waals surface area contributed by atoms with Crippen LogP contribution in [0.15, 0.2) is 48.0 Å². The number of hydrogen-bond acceptors (Lipinski definition) is 4. The molecule has 1 N–H and O–H groups in total. The number of benzene rings is 2. The van der Waals surface area contributed by atoms with Gasteiger partial charge in [0.1, 0.15) is 6.61 Å². The van der Waals surface area contributed by atoms with Crippen LogP contribution in [-0.4, -0.2) is 24.0 Å². The Kier molecular flexibility index (Phi) is 5.04. The van der Waals surface area contributed by atoms with Gasteiger partial charge in [-0.1, -0.05) is 24.0 Å². The lowest BCUT2D eigenvalue weighted by Gasteiger charge is -2.02. The summed E-state index contributed by atoms with van der Waals surface area (Å²) in [6.07, 6.45) is 0. The maximum Gasteiger partial charge on any atom is 0.252 e. The third kappa shape index (κ3) is 3.89. The lowest BCUT2D eigenvalue weighted by molar-refractivity contribution is 0.0959. The summed E-state index contributed by atoms with van der Waals surface area (Å²) in [5, 5.41) is 2.71. The summed E-state index contributed by atoms with van der Waals surface area (Å²) in [7, 11) is 0. The molecule has 1 aromatic heterocycles. The fourth-order valence-electron chi connectivity index (χ4n) is 2.01. The van der Waals surface area contributed by atoms with Crippen LogP contribution in [0.25, 0.3) is 10.2 Å². The van der Waals surface area contributed by atoms with Crippen molar-refractivity contribution >= 4 is 27.5 Å². The molecule has 0 bridgehead atoms. The number of nitrogens with one attached hydrogen (secondary N) is 1. The fraction of sp³-hybridized carbons (Fsp3) is 0.111. The Bertz CT molecular complexity index is 927. The zero-order valence-electron chi connectivity index (χ0n) is 12.6. The lowest BCUT2D eigenvalue weighted by atomic mass is 10.2. The second-order valence-corrected chi connectivity index (χ2v) is 5.68. The summed E-state index contributed by atoms with van der Waals surface area (Å²) >= 11 is 1.49. The van der Waals surface area contributed by atoms with Gasteiger partial charge in [0, 0.05) is 5.56 Å². The zero-order chi connectivity index (χ0) is 16.8. The van der Waals surface area contributed by atoms with Crippen molar-refractivity contribution in [1.82, 2.24) is 10.3 Å². The predicted molar refractivity (Wildman–Crippen MR) is 91.6 cm³/mol. The second kappa shape index (κ2) is 7.57. The Morgan fingerprint density at radius 3 is 3.00 bits per heavy atom. The SMILES string of the molecule is O=C(NCC#CCOc1ccccc1F)c1ccc2ncsc2c1. The molecule has 1 heterocycles. The van der Waals surface area contributed by atoms with E-state index in [9.17, 15) is 9.18 Å². The highest BCUT2D eigenvalue weighted by Crippen LogP contribution is 2.19. The van der Waals surface area contributed by atoms with E-state index in [4.69, 9.17) is 4.74 Å². The van der Waals surface area contributed by atoms with Crippen LogP contribution in [0.3, 0.4) is 0 Å². The zero-order valence-corrected chi connectivity index (χ0v) is 13.4. The third-order valence-electron chi connectivity index (χ3n) is 3.19. The minimum Gasteiger partial charge on any atom is -0.478 e. The van der Waals surface area contributed by atoms with Crippen LogP contribution in [0.1, 0.15) is 10.4 Å². The Balaban J connectivity index is 1.48. The number of carbonyl (C=O) groups is 1. The normalized spacial score (nSPS) is 10.0. The number of fused-ring (bicyclic) bond motifs is 1. The van der Waals surface area contributed by atoms with Crippen molar-refractivity contribution in [2.45, 2.75) is 0 Å². The molecule has 120 valence electrons. The molecule has 0 aliphatic rings. The summed E-state index contributed by atoms with van der Waals surface area (Å²) in [4.78, 5) is 16.2. The largest absolute Gasteiger partial charge is 0.478 e. The summed E-state index contributed by atoms with van der Waals surface area (Å²) in [5.41, 5.74) is 3.19. The van der Waals surface area contributed by atoms with Crippen molar-refractivity contribution in [2.24, 2.45) is 0 Å². The van der Waals surface area contributed by atoms with Gasteiger partial charge in [0.2, 0.25) is 0 Å². The van der Waals surface area contributed by atoms with Crippen LogP contribution < -0.4 is 10.1 Å². The van der Waals surface area contributed by atoms with E-state index in [1.54, 1.807) is 29.8 Å². The van der Waals surface area contributed by atoms with Crippen molar-refractivity contribution in [1.29, 1.82) is 0 Å².